The molecule has 0 unspecified atom stereocenters. The van der Waals surface area contributed by atoms with Gasteiger partial charge in [-0.1, -0.05) is 11.2 Å². The second-order valence-electron chi connectivity index (χ2n) is 7.24. The molecule has 3 rings (SSSR count). The minimum atomic E-state index is -0.897. The predicted octanol–water partition coefficient (Wildman–Crippen LogP) is 3.57. The van der Waals surface area contributed by atoms with E-state index < -0.39 is 11.6 Å². The van der Waals surface area contributed by atoms with Crippen molar-refractivity contribution in [1.82, 2.24) is 15.4 Å². The largest absolute Gasteiger partial charge is 0.360 e. The SMILES string of the molecule is Cc1cc(CN2CCC[C@@H](CCC(=O)NCc3ccc(F)c(F)c3)C2)on1. The summed E-state index contributed by atoms with van der Waals surface area (Å²) in [4.78, 5) is 14.4. The molecule has 5 nitrogen and oxygen atoms in total. The van der Waals surface area contributed by atoms with Gasteiger partial charge in [0.25, 0.3) is 0 Å². The monoisotopic (exact) mass is 377 g/mol. The molecule has 1 amide bonds. The Bertz CT molecular complexity index is 778. The summed E-state index contributed by atoms with van der Waals surface area (Å²) in [6.45, 7) is 4.83. The Morgan fingerprint density at radius 1 is 1.33 bits per heavy atom. The second kappa shape index (κ2) is 9.08. The van der Waals surface area contributed by atoms with Crippen molar-refractivity contribution in [2.45, 2.75) is 45.7 Å². The maximum Gasteiger partial charge on any atom is 0.220 e. The van der Waals surface area contributed by atoms with Crippen LogP contribution in [-0.2, 0) is 17.9 Å². The molecule has 27 heavy (non-hydrogen) atoms. The van der Waals surface area contributed by atoms with Crippen LogP contribution in [0.3, 0.4) is 0 Å². The summed E-state index contributed by atoms with van der Waals surface area (Å²) in [6.07, 6.45) is 3.47. The van der Waals surface area contributed by atoms with E-state index in [9.17, 15) is 13.6 Å². The maximum absolute atomic E-state index is 13.2. The van der Waals surface area contributed by atoms with Crippen LogP contribution in [-0.4, -0.2) is 29.1 Å². The van der Waals surface area contributed by atoms with E-state index in [0.29, 0.717) is 17.9 Å². The molecule has 0 aliphatic carbocycles. The highest BCUT2D eigenvalue weighted by molar-refractivity contribution is 5.75. The Morgan fingerprint density at radius 3 is 2.93 bits per heavy atom. The maximum atomic E-state index is 13.2. The number of rotatable bonds is 7. The zero-order valence-corrected chi connectivity index (χ0v) is 15.5. The van der Waals surface area contributed by atoms with Crippen molar-refractivity contribution in [2.24, 2.45) is 5.92 Å². The van der Waals surface area contributed by atoms with Gasteiger partial charge in [-0.3, -0.25) is 9.69 Å². The average molecular weight is 377 g/mol. The number of nitrogens with one attached hydrogen (secondary N) is 1. The van der Waals surface area contributed by atoms with E-state index in [1.807, 2.05) is 13.0 Å². The molecule has 146 valence electrons. The number of hydrogen-bond donors (Lipinski definition) is 1. The predicted molar refractivity (Wildman–Crippen MR) is 96.7 cm³/mol. The molecule has 2 heterocycles. The zero-order valence-electron chi connectivity index (χ0n) is 15.5. The van der Waals surface area contributed by atoms with Gasteiger partial charge in [0.1, 0.15) is 0 Å². The van der Waals surface area contributed by atoms with Crippen LogP contribution in [0.5, 0.6) is 0 Å². The van der Waals surface area contributed by atoms with Crippen LogP contribution in [0.25, 0.3) is 0 Å². The number of piperidine rings is 1. The highest BCUT2D eigenvalue weighted by Gasteiger charge is 2.21. The number of aromatic nitrogens is 1. The van der Waals surface area contributed by atoms with Gasteiger partial charge in [0, 0.05) is 25.6 Å². The minimum Gasteiger partial charge on any atom is -0.360 e. The smallest absolute Gasteiger partial charge is 0.220 e. The van der Waals surface area contributed by atoms with Gasteiger partial charge >= 0.3 is 0 Å². The standard InChI is InChI=1S/C20H25F2N3O2/c1-14-9-17(27-24-14)13-25-8-2-3-15(12-25)5-7-20(26)23-11-16-4-6-18(21)19(22)10-16/h4,6,9-10,15H,2-3,5,7-8,11-13H2,1H3,(H,23,26)/t15-/m0/s1. The quantitative estimate of drug-likeness (QED) is 0.801. The first kappa shape index (κ1) is 19.5. The highest BCUT2D eigenvalue weighted by atomic mass is 19.2. The molecular weight excluding hydrogens is 352 g/mol. The van der Waals surface area contributed by atoms with Crippen molar-refractivity contribution >= 4 is 5.91 Å². The molecule has 1 atom stereocenters. The Kier molecular flexibility index (Phi) is 6.55. The normalized spacial score (nSPS) is 17.8. The molecule has 1 aliphatic rings. The van der Waals surface area contributed by atoms with E-state index in [2.05, 4.69) is 15.4 Å². The van der Waals surface area contributed by atoms with Gasteiger partial charge in [0.15, 0.2) is 17.4 Å². The number of benzene rings is 1. The van der Waals surface area contributed by atoms with Crippen molar-refractivity contribution in [3.8, 4) is 0 Å². The number of halogens is 2. The van der Waals surface area contributed by atoms with Crippen molar-refractivity contribution in [1.29, 1.82) is 0 Å². The summed E-state index contributed by atoms with van der Waals surface area (Å²) in [6, 6.07) is 5.61. The fraction of sp³-hybridized carbons (Fsp3) is 0.500. The molecule has 0 bridgehead atoms. The lowest BCUT2D eigenvalue weighted by atomic mass is 9.93. The lowest BCUT2D eigenvalue weighted by Gasteiger charge is -2.31. The van der Waals surface area contributed by atoms with Crippen LogP contribution in [0.15, 0.2) is 28.8 Å². The van der Waals surface area contributed by atoms with Gasteiger partial charge in [-0.15, -0.1) is 0 Å². The molecule has 1 aliphatic heterocycles. The van der Waals surface area contributed by atoms with Crippen LogP contribution >= 0.6 is 0 Å². The number of hydrogen-bond acceptors (Lipinski definition) is 4. The number of aryl methyl sites for hydroxylation is 1. The Balaban J connectivity index is 1.39. The first-order valence-corrected chi connectivity index (χ1v) is 9.35. The van der Waals surface area contributed by atoms with Gasteiger partial charge in [-0.05, 0) is 56.3 Å². The van der Waals surface area contributed by atoms with E-state index in [-0.39, 0.29) is 12.5 Å². The van der Waals surface area contributed by atoms with Crippen LogP contribution in [0.1, 0.15) is 42.7 Å². The zero-order chi connectivity index (χ0) is 19.2. The molecular formula is C20H25F2N3O2. The van der Waals surface area contributed by atoms with E-state index in [1.54, 1.807) is 0 Å². The fourth-order valence-corrected chi connectivity index (χ4v) is 3.52. The van der Waals surface area contributed by atoms with Gasteiger partial charge in [0.2, 0.25) is 5.91 Å². The average Bonchev–Trinajstić information content (AvgIpc) is 3.06. The lowest BCUT2D eigenvalue weighted by Crippen LogP contribution is -2.35. The van der Waals surface area contributed by atoms with E-state index >= 15 is 0 Å². The van der Waals surface area contributed by atoms with Gasteiger partial charge in [-0.2, -0.15) is 0 Å². The highest BCUT2D eigenvalue weighted by Crippen LogP contribution is 2.22. The van der Waals surface area contributed by atoms with Crippen LogP contribution in [0.4, 0.5) is 8.78 Å². The molecule has 1 N–H and O–H groups in total. The van der Waals surface area contributed by atoms with Crippen molar-refractivity contribution < 1.29 is 18.1 Å². The Hall–Kier alpha value is -2.28. The third kappa shape index (κ3) is 5.85. The Labute approximate surface area is 157 Å². The van der Waals surface area contributed by atoms with Crippen molar-refractivity contribution in [3.05, 3.63) is 52.9 Å². The third-order valence-electron chi connectivity index (χ3n) is 4.91. The molecule has 1 fully saturated rings. The summed E-state index contributed by atoms with van der Waals surface area (Å²) in [5.74, 6) is -0.504. The van der Waals surface area contributed by atoms with Crippen LogP contribution in [0.2, 0.25) is 0 Å². The first-order chi connectivity index (χ1) is 13.0. The molecule has 1 aromatic heterocycles. The molecule has 2 aromatic rings. The van der Waals surface area contributed by atoms with Gasteiger partial charge < -0.3 is 9.84 Å². The van der Waals surface area contributed by atoms with Gasteiger partial charge in [-0.25, -0.2) is 8.78 Å². The molecule has 0 radical (unpaired) electrons. The summed E-state index contributed by atoms with van der Waals surface area (Å²) < 4.78 is 31.4. The lowest BCUT2D eigenvalue weighted by molar-refractivity contribution is -0.121. The molecule has 0 spiro atoms. The molecule has 7 heteroatoms. The van der Waals surface area contributed by atoms with E-state index in [0.717, 1.165) is 62.5 Å². The van der Waals surface area contributed by atoms with Crippen molar-refractivity contribution in [2.75, 3.05) is 13.1 Å². The summed E-state index contributed by atoms with van der Waals surface area (Å²) in [7, 11) is 0. The molecule has 0 saturated carbocycles. The molecule has 1 aromatic carbocycles. The topological polar surface area (TPSA) is 58.4 Å². The van der Waals surface area contributed by atoms with Crippen molar-refractivity contribution in [3.63, 3.8) is 0 Å². The van der Waals surface area contributed by atoms with Crippen LogP contribution < -0.4 is 5.32 Å². The fourth-order valence-electron chi connectivity index (χ4n) is 3.52. The molecule has 1 saturated heterocycles. The van der Waals surface area contributed by atoms with E-state index in [4.69, 9.17) is 4.52 Å². The number of carbonyl (C=O) groups excluding carboxylic acids is 1. The summed E-state index contributed by atoms with van der Waals surface area (Å²) >= 11 is 0. The Morgan fingerprint density at radius 2 is 2.19 bits per heavy atom. The summed E-state index contributed by atoms with van der Waals surface area (Å²) in [5, 5.41) is 6.69. The van der Waals surface area contributed by atoms with Gasteiger partial charge in [0.05, 0.1) is 12.2 Å². The number of amides is 1. The number of carbonyl (C=O) groups is 1. The number of nitrogens with zero attached hydrogens (tertiary/aromatic N) is 2. The minimum absolute atomic E-state index is 0.0669. The van der Waals surface area contributed by atoms with E-state index in [1.165, 1.54) is 6.07 Å². The number of likely N-dealkylation sites (tertiary alicyclic amines) is 1. The summed E-state index contributed by atoms with van der Waals surface area (Å²) in [5.41, 5.74) is 1.43. The first-order valence-electron chi connectivity index (χ1n) is 9.35. The van der Waals surface area contributed by atoms with Crippen LogP contribution in [0, 0.1) is 24.5 Å². The second-order valence-corrected chi connectivity index (χ2v) is 7.24. The third-order valence-corrected chi connectivity index (χ3v) is 4.91.